The van der Waals surface area contributed by atoms with E-state index in [1.807, 2.05) is 24.3 Å². The molecule has 0 aromatic rings. The Hall–Kier alpha value is -3.83. The first-order valence-electron chi connectivity index (χ1n) is 23.6. The second kappa shape index (κ2) is 39.1. The summed E-state index contributed by atoms with van der Waals surface area (Å²) < 4.78 is 33.3. The van der Waals surface area contributed by atoms with Gasteiger partial charge in [-0.05, 0) is 77.0 Å². The number of phosphoric acid groups is 1. The van der Waals surface area contributed by atoms with E-state index in [2.05, 4.69) is 68.5 Å². The minimum Gasteiger partial charge on any atom is -0.462 e. The largest absolute Gasteiger partial charge is 0.472 e. The molecule has 16 heteroatoms. The summed E-state index contributed by atoms with van der Waals surface area (Å²) in [5.74, 6) is -1.45. The molecule has 1 aliphatic rings. The van der Waals surface area contributed by atoms with Crippen molar-refractivity contribution in [3.63, 3.8) is 0 Å². The zero-order valence-electron chi connectivity index (χ0n) is 39.4. The monoisotopic (exact) mass is 963 g/mol. The number of carbonyl (C=O) groups excluding carboxylic acids is 2. The predicted molar refractivity (Wildman–Crippen MR) is 260 cm³/mol. The first-order chi connectivity index (χ1) is 32.2. The number of ether oxygens (including phenoxy) is 2. The first kappa shape index (κ1) is 61.2. The van der Waals surface area contributed by atoms with Crippen LogP contribution in [0.5, 0.6) is 0 Å². The van der Waals surface area contributed by atoms with Crippen LogP contribution in [-0.4, -0.2) is 121 Å². The third kappa shape index (κ3) is 31.8. The topological polar surface area (TPSA) is 250 Å². The van der Waals surface area contributed by atoms with E-state index in [1.54, 1.807) is 42.5 Å². The molecule has 67 heavy (non-hydrogen) atoms. The van der Waals surface area contributed by atoms with Crippen molar-refractivity contribution < 1.29 is 73.3 Å². The molecule has 0 heterocycles. The minimum absolute atomic E-state index is 0.0891. The van der Waals surface area contributed by atoms with Crippen LogP contribution in [0.4, 0.5) is 0 Å². The van der Waals surface area contributed by atoms with Gasteiger partial charge in [0.25, 0.3) is 0 Å². The van der Waals surface area contributed by atoms with Crippen LogP contribution in [-0.2, 0) is 32.7 Å². The number of allylic oxidation sites excluding steroid dienone is 17. The maximum absolute atomic E-state index is 12.8. The molecule has 0 amide bonds. The summed E-state index contributed by atoms with van der Waals surface area (Å²) in [6, 6.07) is 0. The molecule has 15 nitrogen and oxygen atoms in total. The van der Waals surface area contributed by atoms with E-state index >= 15 is 0 Å². The van der Waals surface area contributed by atoms with Gasteiger partial charge in [-0.2, -0.15) is 0 Å². The van der Waals surface area contributed by atoms with Crippen LogP contribution in [0.3, 0.4) is 0 Å². The molecule has 0 aromatic heterocycles. The van der Waals surface area contributed by atoms with Gasteiger partial charge < -0.3 is 50.1 Å². The Balaban J connectivity index is 2.64. The maximum atomic E-state index is 12.8. The molecule has 0 aromatic carbocycles. The second-order valence-corrected chi connectivity index (χ2v) is 17.3. The predicted octanol–water partition coefficient (Wildman–Crippen LogP) is 7.33. The van der Waals surface area contributed by atoms with E-state index < -0.39 is 87.9 Å². The van der Waals surface area contributed by atoms with Crippen molar-refractivity contribution in [2.24, 2.45) is 0 Å². The molecular formula is C51H79O15P. The Morgan fingerprint density at radius 2 is 1.07 bits per heavy atom. The smallest absolute Gasteiger partial charge is 0.462 e. The van der Waals surface area contributed by atoms with Crippen LogP contribution in [0.25, 0.3) is 0 Å². The number of unbranched alkanes of at least 4 members (excludes halogenated alkanes) is 3. The number of carbonyl (C=O) groups is 2. The van der Waals surface area contributed by atoms with E-state index in [1.165, 1.54) is 12.8 Å². The van der Waals surface area contributed by atoms with Crippen molar-refractivity contribution in [1.82, 2.24) is 0 Å². The number of rotatable bonds is 36. The van der Waals surface area contributed by atoms with Gasteiger partial charge in [-0.1, -0.05) is 148 Å². The van der Waals surface area contributed by atoms with E-state index in [-0.39, 0.29) is 25.7 Å². The quantitative estimate of drug-likeness (QED) is 0.0101. The summed E-state index contributed by atoms with van der Waals surface area (Å²) in [5.41, 5.74) is 0. The fourth-order valence-corrected chi connectivity index (χ4v) is 7.12. The third-order valence-corrected chi connectivity index (χ3v) is 11.0. The number of aliphatic hydroxyl groups excluding tert-OH is 7. The van der Waals surface area contributed by atoms with Gasteiger partial charge >= 0.3 is 19.8 Å². The molecule has 0 saturated heterocycles. The fraction of sp³-hybridized carbons (Fsp3) is 0.569. The lowest BCUT2D eigenvalue weighted by molar-refractivity contribution is -0.220. The van der Waals surface area contributed by atoms with Crippen molar-refractivity contribution >= 4 is 19.8 Å². The number of phosphoric ester groups is 1. The van der Waals surface area contributed by atoms with Crippen molar-refractivity contribution in [3.05, 3.63) is 122 Å². The van der Waals surface area contributed by atoms with Crippen LogP contribution < -0.4 is 0 Å². The van der Waals surface area contributed by atoms with Gasteiger partial charge in [0.15, 0.2) is 6.10 Å². The SMILES string of the molecule is CC/C=C\C/C=C\C/C=C\C/C=C\C/C=C\C/C=C\CCC(=O)O[C@H](COC(=O)CCC[C@H](O)\C=C/C=C/C=C/[C@H](O)C/C=C\CCCCC)COP(=O)(O)OC1[C@H](O)[C@H](O)C(O)[C@H](O)[C@H]1O. The fourth-order valence-electron chi connectivity index (χ4n) is 6.15. The van der Waals surface area contributed by atoms with Gasteiger partial charge in [-0.3, -0.25) is 18.6 Å². The summed E-state index contributed by atoms with van der Waals surface area (Å²) in [6.07, 6.45) is 34.5. The van der Waals surface area contributed by atoms with Crippen molar-refractivity contribution in [2.75, 3.05) is 13.2 Å². The minimum atomic E-state index is -5.21. The van der Waals surface area contributed by atoms with E-state index in [0.29, 0.717) is 19.3 Å². The maximum Gasteiger partial charge on any atom is 0.472 e. The summed E-state index contributed by atoms with van der Waals surface area (Å²) >= 11 is 0. The van der Waals surface area contributed by atoms with Gasteiger partial charge in [0.1, 0.15) is 43.2 Å². The average molecular weight is 963 g/mol. The van der Waals surface area contributed by atoms with Crippen LogP contribution in [0, 0.1) is 0 Å². The molecule has 0 aliphatic heterocycles. The van der Waals surface area contributed by atoms with E-state index in [4.69, 9.17) is 18.5 Å². The molecule has 8 N–H and O–H groups in total. The van der Waals surface area contributed by atoms with Gasteiger partial charge in [0.2, 0.25) is 0 Å². The number of esters is 2. The Morgan fingerprint density at radius 1 is 0.567 bits per heavy atom. The number of hydrogen-bond acceptors (Lipinski definition) is 14. The Labute approximate surface area is 398 Å². The molecule has 0 bridgehead atoms. The van der Waals surface area contributed by atoms with Crippen molar-refractivity contribution in [3.8, 4) is 0 Å². The second-order valence-electron chi connectivity index (χ2n) is 15.9. The number of aliphatic hydroxyl groups is 7. The molecule has 1 aliphatic carbocycles. The van der Waals surface area contributed by atoms with Gasteiger partial charge in [0, 0.05) is 12.8 Å². The highest BCUT2D eigenvalue weighted by Gasteiger charge is 2.51. The average Bonchev–Trinajstić information content (AvgIpc) is 3.30. The highest BCUT2D eigenvalue weighted by Crippen LogP contribution is 2.47. The molecule has 0 spiro atoms. The lowest BCUT2D eigenvalue weighted by atomic mass is 9.85. The molecule has 378 valence electrons. The molecule has 1 rings (SSSR count). The van der Waals surface area contributed by atoms with Crippen LogP contribution in [0.1, 0.15) is 117 Å². The Kier molecular flexibility index (Phi) is 35.7. The summed E-state index contributed by atoms with van der Waals surface area (Å²) in [7, 11) is -5.21. The Bertz CT molecular complexity index is 1660. The molecule has 3 unspecified atom stereocenters. The molecule has 1 fully saturated rings. The highest BCUT2D eigenvalue weighted by molar-refractivity contribution is 7.47. The molecule has 10 atom stereocenters. The lowest BCUT2D eigenvalue weighted by Gasteiger charge is -2.41. The van der Waals surface area contributed by atoms with Crippen LogP contribution in [0.2, 0.25) is 0 Å². The third-order valence-electron chi connectivity index (χ3n) is 9.99. The normalized spacial score (nSPS) is 23.2. The standard InChI is InChI=1S/C51H79O15P/c1-3-5-7-9-11-12-13-14-15-16-17-18-19-20-21-22-23-25-31-37-45(55)65-43(40-64-67(61,62)66-51-49(59)47(57)46(56)48(58)50(51)60)39-63-44(54)38-32-36-42(53)35-30-27-26-29-34-41(52)33-28-24-10-8-6-4-2/h5,7,11-12,14-15,17-18,20-21,23-30,34-35,41-43,46-53,56-60H,3-4,6,8-10,13,16,19,22,31-33,36-40H2,1-2H3,(H,61,62)/b7-5-,12-11-,15-14-,18-17-,21-20-,25-23-,27-26+,28-24-,34-29+,35-30-/t41-,42-,43-,46?,47-,48+,49-,50-,51?/m1/s1. The molecule has 1 saturated carbocycles. The molecular weight excluding hydrogens is 884 g/mol. The van der Waals surface area contributed by atoms with E-state index in [0.717, 1.165) is 44.9 Å². The Morgan fingerprint density at radius 3 is 1.63 bits per heavy atom. The highest BCUT2D eigenvalue weighted by atomic mass is 31.2. The molecule has 0 radical (unpaired) electrons. The van der Waals surface area contributed by atoms with Gasteiger partial charge in [-0.25, -0.2) is 4.57 Å². The summed E-state index contributed by atoms with van der Waals surface area (Å²) in [5, 5.41) is 70.5. The zero-order chi connectivity index (χ0) is 49.5. The first-order valence-corrected chi connectivity index (χ1v) is 25.1. The summed E-state index contributed by atoms with van der Waals surface area (Å²) in [4.78, 5) is 35.7. The van der Waals surface area contributed by atoms with Crippen LogP contribution in [0.15, 0.2) is 122 Å². The lowest BCUT2D eigenvalue weighted by Crippen LogP contribution is -2.64. The number of hydrogen-bond donors (Lipinski definition) is 8. The van der Waals surface area contributed by atoms with Crippen molar-refractivity contribution in [1.29, 1.82) is 0 Å². The van der Waals surface area contributed by atoms with Crippen molar-refractivity contribution in [2.45, 2.75) is 172 Å². The zero-order valence-corrected chi connectivity index (χ0v) is 40.2. The van der Waals surface area contributed by atoms with Gasteiger partial charge in [0.05, 0.1) is 18.8 Å². The van der Waals surface area contributed by atoms with E-state index in [9.17, 15) is 54.8 Å². The van der Waals surface area contributed by atoms with Gasteiger partial charge in [-0.15, -0.1) is 0 Å². The summed E-state index contributed by atoms with van der Waals surface area (Å²) in [6.45, 7) is 2.83. The van der Waals surface area contributed by atoms with Crippen LogP contribution >= 0.6 is 7.82 Å².